The van der Waals surface area contributed by atoms with Gasteiger partial charge in [-0.3, -0.25) is 19.3 Å². The first-order valence-electron chi connectivity index (χ1n) is 10.5. The molecule has 3 aromatic rings. The number of ether oxygens (including phenoxy) is 1. The van der Waals surface area contributed by atoms with Crippen molar-refractivity contribution in [1.82, 2.24) is 4.90 Å². The summed E-state index contributed by atoms with van der Waals surface area (Å²) in [7, 11) is 0. The van der Waals surface area contributed by atoms with Crippen molar-refractivity contribution in [3.05, 3.63) is 83.9 Å². The Hall–Kier alpha value is -4.33. The summed E-state index contributed by atoms with van der Waals surface area (Å²) < 4.78 is 10.8. The second-order valence-electron chi connectivity index (χ2n) is 7.37. The lowest BCUT2D eigenvalue weighted by Crippen LogP contribution is -2.31. The van der Waals surface area contributed by atoms with Gasteiger partial charge < -0.3 is 19.8 Å². The molecule has 0 radical (unpaired) electrons. The van der Waals surface area contributed by atoms with Gasteiger partial charge >= 0.3 is 0 Å². The van der Waals surface area contributed by atoms with Gasteiger partial charge in [0.25, 0.3) is 11.8 Å². The average molecular weight is 445 g/mol. The molecule has 33 heavy (non-hydrogen) atoms. The summed E-state index contributed by atoms with van der Waals surface area (Å²) in [5, 5.41) is 5.79. The van der Waals surface area contributed by atoms with E-state index in [1.54, 1.807) is 60.7 Å². The van der Waals surface area contributed by atoms with E-state index in [0.29, 0.717) is 35.1 Å². The number of amides is 3. The number of furan rings is 1. The number of carbonyl (C=O) groups excluding carboxylic acids is 3. The van der Waals surface area contributed by atoms with Crippen LogP contribution < -0.4 is 15.4 Å². The molecule has 1 aromatic heterocycles. The molecule has 1 aliphatic heterocycles. The molecule has 0 fully saturated rings. The van der Waals surface area contributed by atoms with E-state index < -0.39 is 11.8 Å². The molecule has 3 amide bonds. The molecule has 4 rings (SSSR count). The van der Waals surface area contributed by atoms with Crippen LogP contribution in [0.4, 0.5) is 11.4 Å². The van der Waals surface area contributed by atoms with Crippen molar-refractivity contribution in [1.29, 1.82) is 0 Å². The maximum absolute atomic E-state index is 13.3. The molecule has 0 aliphatic carbocycles. The number of benzene rings is 2. The largest absolute Gasteiger partial charge is 0.494 e. The molecule has 0 unspecified atom stereocenters. The molecule has 8 nitrogen and oxygen atoms in total. The van der Waals surface area contributed by atoms with Crippen molar-refractivity contribution in [2.45, 2.75) is 20.4 Å². The average Bonchev–Trinajstić information content (AvgIpc) is 3.39. The van der Waals surface area contributed by atoms with Gasteiger partial charge in [-0.05, 0) is 61.0 Å². The Morgan fingerprint density at radius 3 is 2.27 bits per heavy atom. The zero-order chi connectivity index (χ0) is 23.4. The van der Waals surface area contributed by atoms with Crippen LogP contribution >= 0.6 is 0 Å². The number of hydrogen-bond acceptors (Lipinski definition) is 6. The quantitative estimate of drug-likeness (QED) is 0.508. The highest BCUT2D eigenvalue weighted by molar-refractivity contribution is 6.36. The van der Waals surface area contributed by atoms with Crippen molar-refractivity contribution in [2.24, 2.45) is 0 Å². The zero-order valence-corrected chi connectivity index (χ0v) is 18.3. The predicted octanol–water partition coefficient (Wildman–Crippen LogP) is 4.03. The first-order valence-corrected chi connectivity index (χ1v) is 10.5. The molecule has 168 valence electrons. The summed E-state index contributed by atoms with van der Waals surface area (Å²) in [5.74, 6) is 0.128. The van der Waals surface area contributed by atoms with E-state index in [1.807, 2.05) is 6.92 Å². The first kappa shape index (κ1) is 21.9. The van der Waals surface area contributed by atoms with Crippen molar-refractivity contribution in [2.75, 3.05) is 17.2 Å². The standard InChI is InChI=1S/C25H23N3O5/c1-3-32-20-12-6-17(7-13-20)22-23(27-19-10-8-18(9-11-19)26-16(2)29)25(31)28(24(22)30)15-21-5-4-14-33-21/h4-14,27H,3,15H2,1-2H3,(H,26,29). The molecule has 8 heteroatoms. The van der Waals surface area contributed by atoms with Gasteiger partial charge in [-0.25, -0.2) is 0 Å². The third-order valence-corrected chi connectivity index (χ3v) is 4.99. The Morgan fingerprint density at radius 1 is 0.970 bits per heavy atom. The van der Waals surface area contributed by atoms with Crippen LogP contribution in [-0.2, 0) is 20.9 Å². The molecule has 0 bridgehead atoms. The van der Waals surface area contributed by atoms with Gasteiger partial charge in [0.05, 0.1) is 25.0 Å². The minimum absolute atomic E-state index is 0.0256. The van der Waals surface area contributed by atoms with Crippen LogP contribution in [0.1, 0.15) is 25.2 Å². The van der Waals surface area contributed by atoms with E-state index in [0.717, 1.165) is 4.90 Å². The monoisotopic (exact) mass is 445 g/mol. The Morgan fingerprint density at radius 2 is 1.67 bits per heavy atom. The van der Waals surface area contributed by atoms with E-state index >= 15 is 0 Å². The van der Waals surface area contributed by atoms with Crippen molar-refractivity contribution in [3.8, 4) is 5.75 Å². The normalized spacial score (nSPS) is 13.5. The van der Waals surface area contributed by atoms with Gasteiger partial charge in [0, 0.05) is 18.3 Å². The number of nitrogens with zero attached hydrogens (tertiary/aromatic N) is 1. The Balaban J connectivity index is 1.68. The fraction of sp³-hybridized carbons (Fsp3) is 0.160. The first-order chi connectivity index (χ1) is 16.0. The van der Waals surface area contributed by atoms with Crippen molar-refractivity contribution >= 4 is 34.7 Å². The summed E-state index contributed by atoms with van der Waals surface area (Å²) >= 11 is 0. The van der Waals surface area contributed by atoms with E-state index in [4.69, 9.17) is 9.15 Å². The highest BCUT2D eigenvalue weighted by atomic mass is 16.5. The Bertz CT molecular complexity index is 1200. The maximum atomic E-state index is 13.3. The van der Waals surface area contributed by atoms with Crippen LogP contribution in [0.25, 0.3) is 5.57 Å². The molecule has 2 heterocycles. The van der Waals surface area contributed by atoms with Crippen LogP contribution in [0.5, 0.6) is 5.75 Å². The highest BCUT2D eigenvalue weighted by Crippen LogP contribution is 2.32. The minimum Gasteiger partial charge on any atom is -0.494 e. The van der Waals surface area contributed by atoms with Crippen molar-refractivity contribution in [3.63, 3.8) is 0 Å². The third-order valence-electron chi connectivity index (χ3n) is 4.99. The topological polar surface area (TPSA) is 101 Å². The Labute approximate surface area is 190 Å². The summed E-state index contributed by atoms with van der Waals surface area (Å²) in [6, 6.07) is 17.3. The van der Waals surface area contributed by atoms with E-state index in [1.165, 1.54) is 13.2 Å². The van der Waals surface area contributed by atoms with Crippen LogP contribution in [0, 0.1) is 0 Å². The molecule has 2 N–H and O–H groups in total. The number of anilines is 2. The molecule has 2 aromatic carbocycles. The predicted molar refractivity (Wildman–Crippen MR) is 123 cm³/mol. The second-order valence-corrected chi connectivity index (χ2v) is 7.37. The minimum atomic E-state index is -0.453. The number of carbonyl (C=O) groups is 3. The van der Waals surface area contributed by atoms with Crippen LogP contribution in [0.2, 0.25) is 0 Å². The summed E-state index contributed by atoms with van der Waals surface area (Å²) in [6.07, 6.45) is 1.50. The van der Waals surface area contributed by atoms with Gasteiger partial charge in [0.1, 0.15) is 17.2 Å². The lowest BCUT2D eigenvalue weighted by molar-refractivity contribution is -0.137. The number of imide groups is 1. The van der Waals surface area contributed by atoms with Gasteiger partial charge in [-0.1, -0.05) is 12.1 Å². The lowest BCUT2D eigenvalue weighted by atomic mass is 10.0. The number of rotatable bonds is 8. The van der Waals surface area contributed by atoms with Crippen LogP contribution in [0.3, 0.4) is 0 Å². The molecule has 1 aliphatic rings. The molecule has 0 atom stereocenters. The SMILES string of the molecule is CCOc1ccc(C2=C(Nc3ccc(NC(C)=O)cc3)C(=O)N(Cc3ccco3)C2=O)cc1. The number of hydrogen-bond donors (Lipinski definition) is 2. The van der Waals surface area contributed by atoms with Gasteiger partial charge in [0.2, 0.25) is 5.91 Å². The van der Waals surface area contributed by atoms with Crippen LogP contribution in [-0.4, -0.2) is 29.2 Å². The van der Waals surface area contributed by atoms with Gasteiger partial charge in [-0.15, -0.1) is 0 Å². The highest BCUT2D eigenvalue weighted by Gasteiger charge is 2.39. The van der Waals surface area contributed by atoms with E-state index in [2.05, 4.69) is 10.6 Å². The smallest absolute Gasteiger partial charge is 0.278 e. The maximum Gasteiger partial charge on any atom is 0.278 e. The summed E-state index contributed by atoms with van der Waals surface area (Å²) in [4.78, 5) is 39.0. The lowest BCUT2D eigenvalue weighted by Gasteiger charge is -2.13. The molecule has 0 saturated carbocycles. The third kappa shape index (κ3) is 4.79. The van der Waals surface area contributed by atoms with E-state index in [9.17, 15) is 14.4 Å². The van der Waals surface area contributed by atoms with Gasteiger partial charge in [-0.2, -0.15) is 0 Å². The van der Waals surface area contributed by atoms with E-state index in [-0.39, 0.29) is 23.7 Å². The van der Waals surface area contributed by atoms with Crippen LogP contribution in [0.15, 0.2) is 77.0 Å². The summed E-state index contributed by atoms with van der Waals surface area (Å²) in [6.45, 7) is 3.87. The zero-order valence-electron chi connectivity index (χ0n) is 18.3. The second kappa shape index (κ2) is 9.44. The molecule has 0 spiro atoms. The fourth-order valence-corrected chi connectivity index (χ4v) is 3.53. The van der Waals surface area contributed by atoms with Crippen molar-refractivity contribution < 1.29 is 23.5 Å². The molecule has 0 saturated heterocycles. The summed E-state index contributed by atoms with van der Waals surface area (Å²) in [5.41, 5.74) is 2.25. The molecular weight excluding hydrogens is 422 g/mol. The Kier molecular flexibility index (Phi) is 6.26. The van der Waals surface area contributed by atoms with Gasteiger partial charge in [0.15, 0.2) is 0 Å². The number of nitrogens with one attached hydrogen (secondary N) is 2. The fourth-order valence-electron chi connectivity index (χ4n) is 3.53. The molecular formula is C25H23N3O5.